The van der Waals surface area contributed by atoms with Crippen molar-refractivity contribution in [1.29, 1.82) is 0 Å². The van der Waals surface area contributed by atoms with Crippen LogP contribution in [0.25, 0.3) is 43.8 Å². The first kappa shape index (κ1) is 32.0. The molecule has 0 N–H and O–H groups in total. The lowest BCUT2D eigenvalue weighted by Gasteiger charge is -2.31. The smallest absolute Gasteiger partial charge is 0.460 e. The second kappa shape index (κ2) is 11.4. The summed E-state index contributed by atoms with van der Waals surface area (Å²) < 4.78 is 106. The molecule has 0 saturated carbocycles. The van der Waals surface area contributed by atoms with Crippen LogP contribution in [0.4, 0.5) is 30.7 Å². The number of benzene rings is 5. The van der Waals surface area contributed by atoms with Gasteiger partial charge in [-0.05, 0) is 73.8 Å². The molecule has 1 unspecified atom stereocenters. The lowest BCUT2D eigenvalue weighted by Crippen LogP contribution is -2.50. The van der Waals surface area contributed by atoms with Crippen LogP contribution >= 0.6 is 0 Å². The monoisotopic (exact) mass is 648 g/mol. The summed E-state index contributed by atoms with van der Waals surface area (Å²) in [5, 5.41) is -0.652. The summed E-state index contributed by atoms with van der Waals surface area (Å²) in [6.07, 6.45) is -2.64. The molecule has 0 radical (unpaired) electrons. The highest BCUT2D eigenvalue weighted by molar-refractivity contribution is 6.15. The molecule has 0 aromatic heterocycles. The van der Waals surface area contributed by atoms with Gasteiger partial charge in [0.25, 0.3) is 0 Å². The number of allylic oxidation sites excluding steroid dienone is 1. The quantitative estimate of drug-likeness (QED) is 0.0397. The Morgan fingerprint density at radius 1 is 0.723 bits per heavy atom. The highest BCUT2D eigenvalue weighted by Crippen LogP contribution is 2.57. The van der Waals surface area contributed by atoms with E-state index in [1.54, 1.807) is 6.07 Å². The van der Waals surface area contributed by atoms with E-state index in [1.165, 1.54) is 36.4 Å². The molecular formula is C38H27F7O2. The molecular weight excluding hydrogens is 621 g/mol. The van der Waals surface area contributed by atoms with Gasteiger partial charge in [-0.25, -0.2) is 4.79 Å². The fraction of sp³-hybridized carbons (Fsp3) is 0.184. The molecule has 2 nitrogen and oxygen atoms in total. The molecule has 5 aromatic rings. The van der Waals surface area contributed by atoms with E-state index in [0.717, 1.165) is 40.5 Å². The summed E-state index contributed by atoms with van der Waals surface area (Å²) >= 11 is 0. The third-order valence-corrected chi connectivity index (χ3v) is 8.96. The van der Waals surface area contributed by atoms with Crippen LogP contribution in [-0.4, -0.2) is 24.7 Å². The van der Waals surface area contributed by atoms with Crippen molar-refractivity contribution in [1.82, 2.24) is 0 Å². The summed E-state index contributed by atoms with van der Waals surface area (Å²) in [5.41, 5.74) is 2.48. The second-order valence-corrected chi connectivity index (χ2v) is 11.4. The molecule has 1 aliphatic rings. The summed E-state index contributed by atoms with van der Waals surface area (Å²) in [7, 11) is 0. The number of esters is 1. The Kier molecular flexibility index (Phi) is 7.77. The lowest BCUT2D eigenvalue weighted by molar-refractivity contribution is -0.358. The molecule has 1 atom stereocenters. The molecule has 0 amide bonds. The molecule has 0 saturated heterocycles. The largest absolute Gasteiger partial charge is 0.463 e. The SMILES string of the molecule is C=CC(=O)OCCCC1(C=C)c2ccccc2-c2ccc(-c3c4ccccc4c(C(F)(F)C(F)(F)C(F)(F)F)c4ccccc34)cc21. The first-order valence-electron chi connectivity index (χ1n) is 14.7. The molecule has 0 spiro atoms. The molecule has 5 aromatic carbocycles. The van der Waals surface area contributed by atoms with Gasteiger partial charge in [-0.1, -0.05) is 97.6 Å². The van der Waals surface area contributed by atoms with E-state index in [4.69, 9.17) is 4.74 Å². The van der Waals surface area contributed by atoms with Gasteiger partial charge in [-0.3, -0.25) is 0 Å². The Balaban J connectivity index is 1.60. The van der Waals surface area contributed by atoms with Crippen molar-refractivity contribution in [3.63, 3.8) is 0 Å². The van der Waals surface area contributed by atoms with Gasteiger partial charge in [0.1, 0.15) is 0 Å². The zero-order valence-corrected chi connectivity index (χ0v) is 24.8. The number of hydrogen-bond acceptors (Lipinski definition) is 2. The van der Waals surface area contributed by atoms with E-state index in [-0.39, 0.29) is 17.4 Å². The molecule has 9 heteroatoms. The fourth-order valence-electron chi connectivity index (χ4n) is 6.84. The van der Waals surface area contributed by atoms with Gasteiger partial charge in [0.15, 0.2) is 0 Å². The van der Waals surface area contributed by atoms with E-state index in [9.17, 15) is 26.7 Å². The fourth-order valence-corrected chi connectivity index (χ4v) is 6.84. The third kappa shape index (κ3) is 4.82. The molecule has 0 aliphatic heterocycles. The lowest BCUT2D eigenvalue weighted by atomic mass is 9.74. The van der Waals surface area contributed by atoms with Gasteiger partial charge in [-0.2, -0.15) is 30.7 Å². The maximum absolute atomic E-state index is 15.6. The van der Waals surface area contributed by atoms with Crippen LogP contribution in [0.1, 0.15) is 29.5 Å². The van der Waals surface area contributed by atoms with Crippen molar-refractivity contribution in [2.45, 2.75) is 36.3 Å². The van der Waals surface area contributed by atoms with Crippen LogP contribution in [0, 0.1) is 0 Å². The van der Waals surface area contributed by atoms with Crippen LogP contribution in [0.15, 0.2) is 116 Å². The van der Waals surface area contributed by atoms with Crippen LogP contribution in [0.3, 0.4) is 0 Å². The predicted octanol–water partition coefficient (Wildman–Crippen LogP) is 10.9. The van der Waals surface area contributed by atoms with Crippen LogP contribution in [0.5, 0.6) is 0 Å². The topological polar surface area (TPSA) is 26.3 Å². The number of hydrogen-bond donors (Lipinski definition) is 0. The summed E-state index contributed by atoms with van der Waals surface area (Å²) in [5.74, 6) is -12.5. The van der Waals surface area contributed by atoms with Crippen LogP contribution in [-0.2, 0) is 20.9 Å². The minimum Gasteiger partial charge on any atom is -0.463 e. The molecule has 0 heterocycles. The minimum absolute atomic E-state index is 0.0925. The second-order valence-electron chi connectivity index (χ2n) is 11.4. The number of rotatable bonds is 9. The number of alkyl halides is 7. The van der Waals surface area contributed by atoms with E-state index in [1.807, 2.05) is 42.5 Å². The van der Waals surface area contributed by atoms with Gasteiger partial charge in [0, 0.05) is 17.1 Å². The summed E-state index contributed by atoms with van der Waals surface area (Å²) in [6.45, 7) is 7.70. The van der Waals surface area contributed by atoms with Gasteiger partial charge in [0.05, 0.1) is 6.61 Å². The number of ether oxygens (including phenoxy) is 1. The maximum Gasteiger partial charge on any atom is 0.460 e. The Morgan fingerprint density at radius 2 is 1.28 bits per heavy atom. The Labute approximate surface area is 265 Å². The Hall–Kier alpha value is -4.92. The van der Waals surface area contributed by atoms with E-state index in [0.29, 0.717) is 24.0 Å². The summed E-state index contributed by atoms with van der Waals surface area (Å²) in [4.78, 5) is 11.7. The van der Waals surface area contributed by atoms with Crippen molar-refractivity contribution in [3.8, 4) is 22.3 Å². The van der Waals surface area contributed by atoms with Gasteiger partial charge >= 0.3 is 24.0 Å². The molecule has 0 bridgehead atoms. The number of carbonyl (C=O) groups excluding carboxylic acids is 1. The van der Waals surface area contributed by atoms with Crippen molar-refractivity contribution < 1.29 is 40.3 Å². The number of fused-ring (bicyclic) bond motifs is 5. The third-order valence-electron chi connectivity index (χ3n) is 8.96. The van der Waals surface area contributed by atoms with Crippen molar-refractivity contribution in [2.75, 3.05) is 6.61 Å². The minimum atomic E-state index is -6.50. The average Bonchev–Trinajstić information content (AvgIpc) is 3.33. The van der Waals surface area contributed by atoms with Gasteiger partial charge in [0.2, 0.25) is 0 Å². The van der Waals surface area contributed by atoms with E-state index in [2.05, 4.69) is 13.2 Å². The maximum atomic E-state index is 15.6. The molecule has 6 rings (SSSR count). The molecule has 240 valence electrons. The van der Waals surface area contributed by atoms with E-state index >= 15 is 8.78 Å². The van der Waals surface area contributed by atoms with Crippen molar-refractivity contribution in [2.24, 2.45) is 0 Å². The van der Waals surface area contributed by atoms with E-state index < -0.39 is 45.7 Å². The first-order valence-corrected chi connectivity index (χ1v) is 14.7. The molecule has 0 fully saturated rings. The summed E-state index contributed by atoms with van der Waals surface area (Å²) in [6, 6.07) is 24.2. The van der Waals surface area contributed by atoms with Crippen LogP contribution < -0.4 is 0 Å². The van der Waals surface area contributed by atoms with Crippen LogP contribution in [0.2, 0.25) is 0 Å². The number of carbonyl (C=O) groups is 1. The molecule has 47 heavy (non-hydrogen) atoms. The highest BCUT2D eigenvalue weighted by Gasteiger charge is 2.74. The normalized spacial score (nSPS) is 16.1. The van der Waals surface area contributed by atoms with Crippen molar-refractivity contribution in [3.05, 3.63) is 133 Å². The predicted molar refractivity (Wildman–Crippen MR) is 169 cm³/mol. The van der Waals surface area contributed by atoms with Crippen molar-refractivity contribution >= 4 is 27.5 Å². The zero-order valence-electron chi connectivity index (χ0n) is 24.8. The van der Waals surface area contributed by atoms with Gasteiger partial charge < -0.3 is 4.74 Å². The standard InChI is InChI=1S/C38H27F7O2/c1-3-32(46)47-21-11-20-35(4-2)30-17-10-9-12-24(30)25-19-18-23(22-31(25)35)33-26-13-5-7-15-28(26)34(29-16-8-6-14-27(29)33)36(39,40)37(41,42)38(43,44)45/h3-10,12-19,22H,1-2,11,20-21H2. The first-order chi connectivity index (χ1) is 22.3. The Bertz CT molecular complexity index is 2000. The highest BCUT2D eigenvalue weighted by atomic mass is 19.4. The molecule has 1 aliphatic carbocycles. The zero-order chi connectivity index (χ0) is 33.8. The van der Waals surface area contributed by atoms with Gasteiger partial charge in [-0.15, -0.1) is 6.58 Å². The number of halogens is 7. The Morgan fingerprint density at radius 3 is 1.85 bits per heavy atom. The average molecular weight is 649 g/mol.